The maximum atomic E-state index is 12.0. The molecule has 0 unspecified atom stereocenters. The highest BCUT2D eigenvalue weighted by Crippen LogP contribution is 2.24. The Labute approximate surface area is 122 Å². The molecule has 0 heterocycles. The SMILES string of the molecule is Cc1cccc(C(=O)COc2cc([N+](=O)[O-])ccc2C)c1. The fraction of sp³-hybridized carbons (Fsp3) is 0.188. The number of non-ortho nitro benzene ring substituents is 1. The number of rotatable bonds is 5. The lowest BCUT2D eigenvalue weighted by molar-refractivity contribution is -0.384. The number of nitro benzene ring substituents is 1. The van der Waals surface area contributed by atoms with Gasteiger partial charge in [0.2, 0.25) is 0 Å². The number of carbonyl (C=O) groups excluding carboxylic acids is 1. The van der Waals surface area contributed by atoms with Gasteiger partial charge in [0.15, 0.2) is 12.4 Å². The second-order valence-corrected chi connectivity index (χ2v) is 4.79. The van der Waals surface area contributed by atoms with Crippen molar-refractivity contribution in [3.63, 3.8) is 0 Å². The number of hydrogen-bond acceptors (Lipinski definition) is 4. The molecule has 0 amide bonds. The molecule has 5 nitrogen and oxygen atoms in total. The van der Waals surface area contributed by atoms with E-state index >= 15 is 0 Å². The Bertz CT molecular complexity index is 694. The van der Waals surface area contributed by atoms with Crippen molar-refractivity contribution in [3.8, 4) is 5.75 Å². The molecule has 0 fully saturated rings. The molecule has 0 bridgehead atoms. The molecule has 0 saturated heterocycles. The second kappa shape index (κ2) is 6.17. The lowest BCUT2D eigenvalue weighted by Crippen LogP contribution is -2.12. The van der Waals surface area contributed by atoms with Gasteiger partial charge in [-0.15, -0.1) is 0 Å². The van der Waals surface area contributed by atoms with Crippen LogP contribution in [0.3, 0.4) is 0 Å². The first-order chi connectivity index (χ1) is 9.97. The fourth-order valence-electron chi connectivity index (χ4n) is 1.90. The Hall–Kier alpha value is -2.69. The molecule has 2 aromatic carbocycles. The number of nitro groups is 1. The number of hydrogen-bond donors (Lipinski definition) is 0. The highest BCUT2D eigenvalue weighted by molar-refractivity contribution is 5.97. The summed E-state index contributed by atoms with van der Waals surface area (Å²) in [7, 11) is 0. The van der Waals surface area contributed by atoms with Crippen LogP contribution in [-0.2, 0) is 0 Å². The molecule has 0 N–H and O–H groups in total. The van der Waals surface area contributed by atoms with E-state index in [9.17, 15) is 14.9 Å². The van der Waals surface area contributed by atoms with E-state index in [2.05, 4.69) is 0 Å². The highest BCUT2D eigenvalue weighted by atomic mass is 16.6. The fourth-order valence-corrected chi connectivity index (χ4v) is 1.90. The number of benzene rings is 2. The summed E-state index contributed by atoms with van der Waals surface area (Å²) >= 11 is 0. The molecule has 0 spiro atoms. The molecular weight excluding hydrogens is 270 g/mol. The van der Waals surface area contributed by atoms with Crippen LogP contribution >= 0.6 is 0 Å². The van der Waals surface area contributed by atoms with Crippen LogP contribution in [0.1, 0.15) is 21.5 Å². The van der Waals surface area contributed by atoms with Crippen LogP contribution < -0.4 is 4.74 Å². The standard InChI is InChI=1S/C16H15NO4/c1-11-4-3-5-13(8-11)15(18)10-21-16-9-14(17(19)20)7-6-12(16)2/h3-9H,10H2,1-2H3. The summed E-state index contributed by atoms with van der Waals surface area (Å²) in [6.07, 6.45) is 0. The smallest absolute Gasteiger partial charge is 0.273 e. The minimum Gasteiger partial charge on any atom is -0.485 e. The van der Waals surface area contributed by atoms with Crippen LogP contribution in [0.5, 0.6) is 5.75 Å². The zero-order valence-electron chi connectivity index (χ0n) is 11.8. The summed E-state index contributed by atoms with van der Waals surface area (Å²) in [6, 6.07) is 11.6. The largest absolute Gasteiger partial charge is 0.485 e. The average Bonchev–Trinajstić information content (AvgIpc) is 2.45. The Balaban J connectivity index is 2.11. The number of ether oxygens (including phenoxy) is 1. The van der Waals surface area contributed by atoms with E-state index in [-0.39, 0.29) is 18.1 Å². The summed E-state index contributed by atoms with van der Waals surface area (Å²) < 4.78 is 5.43. The van der Waals surface area contributed by atoms with Crippen LogP contribution in [0, 0.1) is 24.0 Å². The van der Waals surface area contributed by atoms with Crippen molar-refractivity contribution >= 4 is 11.5 Å². The van der Waals surface area contributed by atoms with E-state index in [0.717, 1.165) is 11.1 Å². The van der Waals surface area contributed by atoms with Gasteiger partial charge in [-0.2, -0.15) is 0 Å². The number of nitrogens with zero attached hydrogens (tertiary/aromatic N) is 1. The third-order valence-electron chi connectivity index (χ3n) is 3.08. The molecule has 2 rings (SSSR count). The lowest BCUT2D eigenvalue weighted by Gasteiger charge is -2.08. The molecule has 108 valence electrons. The molecular formula is C16H15NO4. The zero-order valence-corrected chi connectivity index (χ0v) is 11.8. The van der Waals surface area contributed by atoms with Gasteiger partial charge in [0.25, 0.3) is 5.69 Å². The quantitative estimate of drug-likeness (QED) is 0.479. The Morgan fingerprint density at radius 1 is 1.19 bits per heavy atom. The van der Waals surface area contributed by atoms with Crippen LogP contribution in [-0.4, -0.2) is 17.3 Å². The summed E-state index contributed by atoms with van der Waals surface area (Å²) in [6.45, 7) is 3.53. The van der Waals surface area contributed by atoms with Gasteiger partial charge in [0.05, 0.1) is 11.0 Å². The molecule has 21 heavy (non-hydrogen) atoms. The van der Waals surface area contributed by atoms with E-state index in [1.807, 2.05) is 13.0 Å². The van der Waals surface area contributed by atoms with Gasteiger partial charge in [0, 0.05) is 11.6 Å². The van der Waals surface area contributed by atoms with Gasteiger partial charge in [0.1, 0.15) is 5.75 Å². The molecule has 0 aliphatic carbocycles. The number of carbonyl (C=O) groups is 1. The third-order valence-corrected chi connectivity index (χ3v) is 3.08. The summed E-state index contributed by atoms with van der Waals surface area (Å²) in [5.74, 6) is 0.190. The molecule has 0 radical (unpaired) electrons. The minimum atomic E-state index is -0.491. The summed E-state index contributed by atoms with van der Waals surface area (Å²) in [5, 5.41) is 10.7. The lowest BCUT2D eigenvalue weighted by atomic mass is 10.1. The van der Waals surface area contributed by atoms with Crippen LogP contribution in [0.4, 0.5) is 5.69 Å². The topological polar surface area (TPSA) is 69.4 Å². The Morgan fingerprint density at radius 3 is 2.62 bits per heavy atom. The van der Waals surface area contributed by atoms with Crippen LogP contribution in [0.15, 0.2) is 42.5 Å². The predicted octanol–water partition coefficient (Wildman–Crippen LogP) is 3.47. The highest BCUT2D eigenvalue weighted by Gasteiger charge is 2.12. The average molecular weight is 285 g/mol. The second-order valence-electron chi connectivity index (χ2n) is 4.79. The molecule has 0 atom stereocenters. The van der Waals surface area contributed by atoms with Gasteiger partial charge in [-0.05, 0) is 31.5 Å². The molecule has 0 aromatic heterocycles. The Morgan fingerprint density at radius 2 is 1.95 bits per heavy atom. The van der Waals surface area contributed by atoms with Crippen LogP contribution in [0.2, 0.25) is 0 Å². The van der Waals surface area contributed by atoms with E-state index in [1.165, 1.54) is 12.1 Å². The first kappa shape index (κ1) is 14.7. The number of aryl methyl sites for hydroxylation is 2. The molecule has 0 saturated carbocycles. The molecule has 0 aliphatic heterocycles. The first-order valence-corrected chi connectivity index (χ1v) is 6.45. The normalized spacial score (nSPS) is 10.2. The van der Waals surface area contributed by atoms with E-state index < -0.39 is 4.92 Å². The van der Waals surface area contributed by atoms with E-state index in [1.54, 1.807) is 31.2 Å². The monoisotopic (exact) mass is 285 g/mol. The van der Waals surface area contributed by atoms with Crippen molar-refractivity contribution in [2.45, 2.75) is 13.8 Å². The van der Waals surface area contributed by atoms with Crippen molar-refractivity contribution in [2.24, 2.45) is 0 Å². The van der Waals surface area contributed by atoms with E-state index in [4.69, 9.17) is 4.74 Å². The van der Waals surface area contributed by atoms with Crippen molar-refractivity contribution in [1.29, 1.82) is 0 Å². The van der Waals surface area contributed by atoms with Crippen LogP contribution in [0.25, 0.3) is 0 Å². The predicted molar refractivity (Wildman–Crippen MR) is 78.8 cm³/mol. The summed E-state index contributed by atoms with van der Waals surface area (Å²) in [4.78, 5) is 22.3. The third kappa shape index (κ3) is 3.66. The first-order valence-electron chi connectivity index (χ1n) is 6.45. The summed E-state index contributed by atoms with van der Waals surface area (Å²) in [5.41, 5.74) is 2.25. The van der Waals surface area contributed by atoms with Gasteiger partial charge < -0.3 is 4.74 Å². The molecule has 2 aromatic rings. The molecule has 5 heteroatoms. The van der Waals surface area contributed by atoms with Gasteiger partial charge in [-0.25, -0.2) is 0 Å². The maximum absolute atomic E-state index is 12.0. The number of Topliss-reactive ketones (excluding diaryl/α,β-unsaturated/α-hetero) is 1. The van der Waals surface area contributed by atoms with Crippen molar-refractivity contribution < 1.29 is 14.5 Å². The maximum Gasteiger partial charge on any atom is 0.273 e. The van der Waals surface area contributed by atoms with Crippen molar-refractivity contribution in [3.05, 3.63) is 69.3 Å². The zero-order chi connectivity index (χ0) is 15.4. The van der Waals surface area contributed by atoms with Crippen molar-refractivity contribution in [1.82, 2.24) is 0 Å². The van der Waals surface area contributed by atoms with Crippen molar-refractivity contribution in [2.75, 3.05) is 6.61 Å². The Kier molecular flexibility index (Phi) is 4.33. The van der Waals surface area contributed by atoms with Gasteiger partial charge in [-0.3, -0.25) is 14.9 Å². The van der Waals surface area contributed by atoms with Gasteiger partial charge in [-0.1, -0.05) is 23.8 Å². The molecule has 0 aliphatic rings. The minimum absolute atomic E-state index is 0.0568. The van der Waals surface area contributed by atoms with Gasteiger partial charge >= 0.3 is 0 Å². The number of ketones is 1. The van der Waals surface area contributed by atoms with E-state index in [0.29, 0.717) is 11.3 Å².